The maximum absolute atomic E-state index is 11.3. The fraction of sp³-hybridized carbons (Fsp3) is 0.333. The van der Waals surface area contributed by atoms with Crippen LogP contribution in [0, 0.1) is 0 Å². The molecule has 6 nitrogen and oxygen atoms in total. The Bertz CT molecular complexity index is 444. The van der Waals surface area contributed by atoms with Gasteiger partial charge in [0.05, 0.1) is 7.11 Å². The molecule has 98 valence electrons. The largest absolute Gasteiger partial charge is 0.493 e. The first kappa shape index (κ1) is 13.8. The van der Waals surface area contributed by atoms with E-state index in [-0.39, 0.29) is 29.6 Å². The molecule has 0 radical (unpaired) electrons. The van der Waals surface area contributed by atoms with Crippen molar-refractivity contribution in [3.05, 3.63) is 23.8 Å². The molecule has 0 unspecified atom stereocenters. The van der Waals surface area contributed by atoms with E-state index in [9.17, 15) is 9.59 Å². The minimum Gasteiger partial charge on any atom is -0.493 e. The molecule has 0 spiro atoms. The highest BCUT2D eigenvalue weighted by Crippen LogP contribution is 2.30. The molecule has 0 saturated heterocycles. The van der Waals surface area contributed by atoms with E-state index >= 15 is 0 Å². The van der Waals surface area contributed by atoms with Gasteiger partial charge in [0, 0.05) is 6.54 Å². The third-order valence-corrected chi connectivity index (χ3v) is 2.15. The van der Waals surface area contributed by atoms with Gasteiger partial charge in [0.2, 0.25) is 0 Å². The summed E-state index contributed by atoms with van der Waals surface area (Å²) in [6.07, 6.45) is 0. The Morgan fingerprint density at radius 3 is 2.67 bits per heavy atom. The molecule has 0 atom stereocenters. The van der Waals surface area contributed by atoms with E-state index in [1.165, 1.54) is 13.2 Å². The summed E-state index contributed by atoms with van der Waals surface area (Å²) in [4.78, 5) is 22.3. The van der Waals surface area contributed by atoms with E-state index in [0.29, 0.717) is 6.54 Å². The molecule has 1 aromatic carbocycles. The van der Waals surface area contributed by atoms with Crippen LogP contribution in [0.2, 0.25) is 0 Å². The van der Waals surface area contributed by atoms with Crippen LogP contribution in [-0.4, -0.2) is 37.2 Å². The number of methoxy groups -OCH3 is 1. The van der Waals surface area contributed by atoms with Crippen molar-refractivity contribution in [3.63, 3.8) is 0 Å². The van der Waals surface area contributed by atoms with Crippen LogP contribution in [0.3, 0.4) is 0 Å². The van der Waals surface area contributed by atoms with Crippen molar-refractivity contribution in [3.8, 4) is 11.5 Å². The van der Waals surface area contributed by atoms with Gasteiger partial charge in [-0.05, 0) is 19.1 Å². The van der Waals surface area contributed by atoms with Gasteiger partial charge in [-0.25, -0.2) is 4.79 Å². The van der Waals surface area contributed by atoms with Gasteiger partial charge < -0.3 is 19.9 Å². The standard InChI is InChI=1S/C12H15NO5/c1-3-13-10(14)7-18-11-8(12(15)16)5-4-6-9(11)17-2/h4-6H,3,7H2,1-2H3,(H,13,14)(H,15,16). The molecule has 0 fully saturated rings. The van der Waals surface area contributed by atoms with E-state index in [1.54, 1.807) is 19.1 Å². The number of carbonyl (C=O) groups excluding carboxylic acids is 1. The van der Waals surface area contributed by atoms with Crippen molar-refractivity contribution in [2.45, 2.75) is 6.92 Å². The fourth-order valence-corrected chi connectivity index (χ4v) is 1.38. The average molecular weight is 253 g/mol. The fourth-order valence-electron chi connectivity index (χ4n) is 1.38. The molecule has 2 N–H and O–H groups in total. The molecule has 1 rings (SSSR count). The summed E-state index contributed by atoms with van der Waals surface area (Å²) in [5.41, 5.74) is -0.0429. The topological polar surface area (TPSA) is 84.9 Å². The number of hydrogen-bond donors (Lipinski definition) is 2. The van der Waals surface area contributed by atoms with E-state index < -0.39 is 5.97 Å². The first-order valence-electron chi connectivity index (χ1n) is 5.40. The summed E-state index contributed by atoms with van der Waals surface area (Å²) in [5, 5.41) is 11.6. The number of nitrogens with one attached hydrogen (secondary N) is 1. The molecule has 18 heavy (non-hydrogen) atoms. The monoisotopic (exact) mass is 253 g/mol. The van der Waals surface area contributed by atoms with Gasteiger partial charge >= 0.3 is 5.97 Å². The van der Waals surface area contributed by atoms with Crippen LogP contribution in [0.1, 0.15) is 17.3 Å². The number of hydrogen-bond acceptors (Lipinski definition) is 4. The lowest BCUT2D eigenvalue weighted by molar-refractivity contribution is -0.123. The number of benzene rings is 1. The SMILES string of the molecule is CCNC(=O)COc1c(OC)cccc1C(=O)O. The Balaban J connectivity index is 2.91. The second-order valence-electron chi connectivity index (χ2n) is 3.38. The smallest absolute Gasteiger partial charge is 0.339 e. The third kappa shape index (κ3) is 3.38. The number of carbonyl (C=O) groups is 2. The number of likely N-dealkylation sites (N-methyl/N-ethyl adjacent to an activating group) is 1. The molecule has 0 aliphatic carbocycles. The normalized spacial score (nSPS) is 9.67. The van der Waals surface area contributed by atoms with E-state index in [4.69, 9.17) is 14.6 Å². The molecule has 0 aliphatic heterocycles. The second kappa shape index (κ2) is 6.48. The maximum atomic E-state index is 11.3. The Labute approximate surface area is 105 Å². The predicted octanol–water partition coefficient (Wildman–Crippen LogP) is 0.908. The van der Waals surface area contributed by atoms with Crippen LogP contribution in [0.15, 0.2) is 18.2 Å². The zero-order valence-electron chi connectivity index (χ0n) is 10.2. The van der Waals surface area contributed by atoms with Crippen molar-refractivity contribution in [2.75, 3.05) is 20.3 Å². The minimum absolute atomic E-state index is 0.0429. The number of rotatable bonds is 6. The minimum atomic E-state index is -1.14. The van der Waals surface area contributed by atoms with Gasteiger partial charge in [-0.1, -0.05) is 6.07 Å². The van der Waals surface area contributed by atoms with Crippen LogP contribution in [0.4, 0.5) is 0 Å². The van der Waals surface area contributed by atoms with Gasteiger partial charge in [-0.15, -0.1) is 0 Å². The molecule has 6 heteroatoms. The Morgan fingerprint density at radius 2 is 2.11 bits per heavy atom. The number of amides is 1. The van der Waals surface area contributed by atoms with E-state index in [1.807, 2.05) is 0 Å². The summed E-state index contributed by atoms with van der Waals surface area (Å²) in [6.45, 7) is 2.01. The Morgan fingerprint density at radius 1 is 1.39 bits per heavy atom. The van der Waals surface area contributed by atoms with Gasteiger partial charge in [0.15, 0.2) is 18.1 Å². The highest BCUT2D eigenvalue weighted by Gasteiger charge is 2.17. The van der Waals surface area contributed by atoms with Crippen molar-refractivity contribution in [2.24, 2.45) is 0 Å². The number of para-hydroxylation sites is 1. The molecule has 0 saturated carbocycles. The van der Waals surface area contributed by atoms with Crippen molar-refractivity contribution < 1.29 is 24.2 Å². The molecule has 1 aromatic rings. The summed E-state index contributed by atoms with van der Waals surface area (Å²) in [6, 6.07) is 4.50. The Kier molecular flexibility index (Phi) is 4.98. The third-order valence-electron chi connectivity index (χ3n) is 2.15. The lowest BCUT2D eigenvalue weighted by Crippen LogP contribution is -2.28. The van der Waals surface area contributed by atoms with Crippen LogP contribution < -0.4 is 14.8 Å². The predicted molar refractivity (Wildman–Crippen MR) is 64.1 cm³/mol. The van der Waals surface area contributed by atoms with Crippen molar-refractivity contribution >= 4 is 11.9 Å². The molecular formula is C12H15NO5. The molecular weight excluding hydrogens is 238 g/mol. The first-order chi connectivity index (χ1) is 8.60. The quantitative estimate of drug-likeness (QED) is 0.787. The average Bonchev–Trinajstić information content (AvgIpc) is 2.36. The van der Waals surface area contributed by atoms with Gasteiger partial charge in [0.1, 0.15) is 5.56 Å². The second-order valence-corrected chi connectivity index (χ2v) is 3.38. The molecule has 0 aliphatic rings. The number of carboxylic acids is 1. The number of aromatic carboxylic acids is 1. The Hall–Kier alpha value is -2.24. The lowest BCUT2D eigenvalue weighted by atomic mass is 10.2. The van der Waals surface area contributed by atoms with Crippen LogP contribution in [-0.2, 0) is 4.79 Å². The number of ether oxygens (including phenoxy) is 2. The van der Waals surface area contributed by atoms with Gasteiger partial charge in [-0.3, -0.25) is 4.79 Å². The number of carboxylic acid groups (broad SMARTS) is 1. The van der Waals surface area contributed by atoms with Crippen LogP contribution in [0.25, 0.3) is 0 Å². The zero-order chi connectivity index (χ0) is 13.5. The van der Waals surface area contributed by atoms with E-state index in [2.05, 4.69) is 5.32 Å². The van der Waals surface area contributed by atoms with Gasteiger partial charge in [-0.2, -0.15) is 0 Å². The maximum Gasteiger partial charge on any atom is 0.339 e. The van der Waals surface area contributed by atoms with E-state index in [0.717, 1.165) is 0 Å². The lowest BCUT2D eigenvalue weighted by Gasteiger charge is -2.12. The summed E-state index contributed by atoms with van der Waals surface area (Å²) < 4.78 is 10.2. The van der Waals surface area contributed by atoms with Crippen LogP contribution >= 0.6 is 0 Å². The highest BCUT2D eigenvalue weighted by atomic mass is 16.5. The van der Waals surface area contributed by atoms with Crippen molar-refractivity contribution in [1.82, 2.24) is 5.32 Å². The molecule has 0 bridgehead atoms. The molecule has 0 aromatic heterocycles. The summed E-state index contributed by atoms with van der Waals surface area (Å²) >= 11 is 0. The highest BCUT2D eigenvalue weighted by molar-refractivity contribution is 5.92. The molecule has 1 amide bonds. The van der Waals surface area contributed by atoms with Crippen LogP contribution in [0.5, 0.6) is 11.5 Å². The summed E-state index contributed by atoms with van der Waals surface area (Å²) in [5.74, 6) is -1.13. The zero-order valence-corrected chi connectivity index (χ0v) is 10.2. The van der Waals surface area contributed by atoms with Crippen molar-refractivity contribution in [1.29, 1.82) is 0 Å². The summed E-state index contributed by atoms with van der Waals surface area (Å²) in [7, 11) is 1.40. The molecule has 0 heterocycles. The first-order valence-corrected chi connectivity index (χ1v) is 5.40. The van der Waals surface area contributed by atoms with Gasteiger partial charge in [0.25, 0.3) is 5.91 Å².